The molecular formula is C13H17BrF2N2. The summed E-state index contributed by atoms with van der Waals surface area (Å²) < 4.78 is 25.8. The SMILES string of the molecule is CN(CC(F)F)c1cc(Br)ccc1CNC1CC1. The van der Waals surface area contributed by atoms with Crippen LogP contribution in [0.1, 0.15) is 18.4 Å². The smallest absolute Gasteiger partial charge is 0.255 e. The van der Waals surface area contributed by atoms with E-state index in [1.165, 1.54) is 12.8 Å². The van der Waals surface area contributed by atoms with Crippen LogP contribution in [0.25, 0.3) is 0 Å². The van der Waals surface area contributed by atoms with E-state index in [-0.39, 0.29) is 6.54 Å². The molecule has 2 nitrogen and oxygen atoms in total. The summed E-state index contributed by atoms with van der Waals surface area (Å²) >= 11 is 3.39. The second-order valence-electron chi connectivity index (χ2n) is 4.70. The minimum absolute atomic E-state index is 0.243. The molecule has 18 heavy (non-hydrogen) atoms. The number of hydrogen-bond donors (Lipinski definition) is 1. The topological polar surface area (TPSA) is 15.3 Å². The molecule has 1 aromatic carbocycles. The van der Waals surface area contributed by atoms with Gasteiger partial charge in [-0.1, -0.05) is 22.0 Å². The Morgan fingerprint density at radius 2 is 2.17 bits per heavy atom. The molecule has 0 radical (unpaired) electrons. The third-order valence-electron chi connectivity index (χ3n) is 3.03. The molecule has 0 heterocycles. The van der Waals surface area contributed by atoms with Crippen LogP contribution in [0.4, 0.5) is 14.5 Å². The van der Waals surface area contributed by atoms with Crippen molar-refractivity contribution in [3.63, 3.8) is 0 Å². The van der Waals surface area contributed by atoms with E-state index in [9.17, 15) is 8.78 Å². The van der Waals surface area contributed by atoms with Crippen molar-refractivity contribution in [3.05, 3.63) is 28.2 Å². The second kappa shape index (κ2) is 5.97. The van der Waals surface area contributed by atoms with Crippen LogP contribution in [-0.2, 0) is 6.54 Å². The lowest BCUT2D eigenvalue weighted by Gasteiger charge is -2.22. The molecule has 0 amide bonds. The van der Waals surface area contributed by atoms with Crippen LogP contribution < -0.4 is 10.2 Å². The summed E-state index contributed by atoms with van der Waals surface area (Å²) in [5.41, 5.74) is 1.92. The minimum atomic E-state index is -2.32. The van der Waals surface area contributed by atoms with Gasteiger partial charge in [-0.3, -0.25) is 0 Å². The van der Waals surface area contributed by atoms with Gasteiger partial charge >= 0.3 is 0 Å². The Bertz CT molecular complexity index is 408. The zero-order valence-corrected chi connectivity index (χ0v) is 11.9. The van der Waals surface area contributed by atoms with Crippen molar-refractivity contribution >= 4 is 21.6 Å². The van der Waals surface area contributed by atoms with E-state index in [1.54, 1.807) is 11.9 Å². The van der Waals surface area contributed by atoms with E-state index in [0.29, 0.717) is 6.04 Å². The molecule has 1 saturated carbocycles. The lowest BCUT2D eigenvalue weighted by Crippen LogP contribution is -2.26. The van der Waals surface area contributed by atoms with Crippen LogP contribution in [-0.4, -0.2) is 26.1 Å². The second-order valence-corrected chi connectivity index (χ2v) is 5.62. The maximum Gasteiger partial charge on any atom is 0.255 e. The van der Waals surface area contributed by atoms with Crippen molar-refractivity contribution < 1.29 is 8.78 Å². The van der Waals surface area contributed by atoms with Crippen molar-refractivity contribution in [2.45, 2.75) is 31.9 Å². The number of nitrogens with one attached hydrogen (secondary N) is 1. The van der Waals surface area contributed by atoms with Gasteiger partial charge in [0.25, 0.3) is 6.43 Å². The van der Waals surface area contributed by atoms with Crippen molar-refractivity contribution in [1.82, 2.24) is 5.32 Å². The van der Waals surface area contributed by atoms with Crippen LogP contribution in [0.3, 0.4) is 0 Å². The monoisotopic (exact) mass is 318 g/mol. The molecule has 5 heteroatoms. The average Bonchev–Trinajstić information content (AvgIpc) is 3.10. The van der Waals surface area contributed by atoms with Gasteiger partial charge < -0.3 is 10.2 Å². The largest absolute Gasteiger partial charge is 0.369 e. The molecule has 100 valence electrons. The zero-order chi connectivity index (χ0) is 13.1. The number of halogens is 3. The molecule has 1 fully saturated rings. The molecule has 0 atom stereocenters. The normalized spacial score (nSPS) is 15.2. The van der Waals surface area contributed by atoms with Crippen molar-refractivity contribution in [1.29, 1.82) is 0 Å². The number of anilines is 1. The molecule has 0 unspecified atom stereocenters. The van der Waals surface area contributed by atoms with Gasteiger partial charge in [0.2, 0.25) is 0 Å². The van der Waals surface area contributed by atoms with Gasteiger partial charge in [0.15, 0.2) is 0 Å². The van der Waals surface area contributed by atoms with Gasteiger partial charge in [-0.2, -0.15) is 0 Å². The van der Waals surface area contributed by atoms with Crippen molar-refractivity contribution in [2.75, 3.05) is 18.5 Å². The first-order valence-corrected chi connectivity index (χ1v) is 6.86. The molecule has 0 aromatic heterocycles. The number of nitrogens with zero attached hydrogens (tertiary/aromatic N) is 1. The third-order valence-corrected chi connectivity index (χ3v) is 3.52. The van der Waals surface area contributed by atoms with E-state index < -0.39 is 6.43 Å². The number of hydrogen-bond acceptors (Lipinski definition) is 2. The molecule has 1 aromatic rings. The van der Waals surface area contributed by atoms with E-state index in [0.717, 1.165) is 22.3 Å². The van der Waals surface area contributed by atoms with Gasteiger partial charge in [-0.05, 0) is 30.5 Å². The van der Waals surface area contributed by atoms with Crippen LogP contribution in [0.5, 0.6) is 0 Å². The number of alkyl halides is 2. The lowest BCUT2D eigenvalue weighted by molar-refractivity contribution is 0.156. The molecular weight excluding hydrogens is 302 g/mol. The maximum atomic E-state index is 12.5. The summed E-state index contributed by atoms with van der Waals surface area (Å²) in [6, 6.07) is 6.44. The molecule has 1 aliphatic carbocycles. The van der Waals surface area contributed by atoms with Crippen LogP contribution in [0.15, 0.2) is 22.7 Å². The number of benzene rings is 1. The first-order chi connectivity index (χ1) is 8.56. The Morgan fingerprint density at radius 3 is 2.78 bits per heavy atom. The van der Waals surface area contributed by atoms with E-state index in [2.05, 4.69) is 21.2 Å². The first kappa shape index (κ1) is 13.7. The summed E-state index contributed by atoms with van der Waals surface area (Å²) in [6.07, 6.45) is 0.121. The highest BCUT2D eigenvalue weighted by Crippen LogP contribution is 2.26. The van der Waals surface area contributed by atoms with Gasteiger partial charge in [-0.15, -0.1) is 0 Å². The van der Waals surface area contributed by atoms with E-state index >= 15 is 0 Å². The van der Waals surface area contributed by atoms with E-state index in [1.807, 2.05) is 18.2 Å². The Balaban J connectivity index is 2.10. The summed E-state index contributed by atoms with van der Waals surface area (Å²) in [6.45, 7) is 0.494. The quantitative estimate of drug-likeness (QED) is 0.864. The highest BCUT2D eigenvalue weighted by Gasteiger charge is 2.21. The van der Waals surface area contributed by atoms with Crippen molar-refractivity contribution in [2.24, 2.45) is 0 Å². The Kier molecular flexibility index (Phi) is 4.56. The molecule has 2 rings (SSSR count). The summed E-state index contributed by atoms with van der Waals surface area (Å²) in [7, 11) is 1.70. The lowest BCUT2D eigenvalue weighted by atomic mass is 10.1. The molecule has 0 aliphatic heterocycles. The Hall–Kier alpha value is -0.680. The Labute approximate surface area is 114 Å². The fourth-order valence-electron chi connectivity index (χ4n) is 1.89. The summed E-state index contributed by atoms with van der Waals surface area (Å²) in [5.74, 6) is 0. The predicted molar refractivity (Wildman–Crippen MR) is 73.3 cm³/mol. The molecule has 0 saturated heterocycles. The number of rotatable bonds is 6. The fraction of sp³-hybridized carbons (Fsp3) is 0.538. The average molecular weight is 319 g/mol. The first-order valence-electron chi connectivity index (χ1n) is 6.07. The highest BCUT2D eigenvalue weighted by molar-refractivity contribution is 9.10. The standard InChI is InChI=1S/C13H17BrF2N2/c1-18(8-13(15)16)12-6-10(14)3-2-9(12)7-17-11-4-5-11/h2-3,6,11,13,17H,4-5,7-8H2,1H3. The molecule has 0 bridgehead atoms. The Morgan fingerprint density at radius 1 is 1.44 bits per heavy atom. The van der Waals surface area contributed by atoms with Crippen LogP contribution in [0.2, 0.25) is 0 Å². The van der Waals surface area contributed by atoms with Gasteiger partial charge in [0, 0.05) is 29.8 Å². The van der Waals surface area contributed by atoms with Gasteiger partial charge in [0.1, 0.15) is 0 Å². The van der Waals surface area contributed by atoms with Crippen LogP contribution in [0, 0.1) is 0 Å². The van der Waals surface area contributed by atoms with E-state index in [4.69, 9.17) is 0 Å². The van der Waals surface area contributed by atoms with Crippen molar-refractivity contribution in [3.8, 4) is 0 Å². The minimum Gasteiger partial charge on any atom is -0.369 e. The molecule has 1 aliphatic rings. The maximum absolute atomic E-state index is 12.5. The van der Waals surface area contributed by atoms with Gasteiger partial charge in [-0.25, -0.2) is 8.78 Å². The zero-order valence-electron chi connectivity index (χ0n) is 10.3. The van der Waals surface area contributed by atoms with Gasteiger partial charge in [0.05, 0.1) is 6.54 Å². The summed E-state index contributed by atoms with van der Waals surface area (Å²) in [5, 5.41) is 3.41. The fourth-order valence-corrected chi connectivity index (χ4v) is 2.24. The molecule has 0 spiro atoms. The highest BCUT2D eigenvalue weighted by atomic mass is 79.9. The predicted octanol–water partition coefficient (Wildman–Crippen LogP) is 3.40. The summed E-state index contributed by atoms with van der Waals surface area (Å²) in [4.78, 5) is 1.61. The van der Waals surface area contributed by atoms with Crippen LogP contribution >= 0.6 is 15.9 Å². The third kappa shape index (κ3) is 3.92. The molecule has 1 N–H and O–H groups in total.